The van der Waals surface area contributed by atoms with Crippen molar-refractivity contribution in [3.05, 3.63) is 35.5 Å². The lowest BCUT2D eigenvalue weighted by molar-refractivity contribution is -0.141. The first-order valence-corrected chi connectivity index (χ1v) is 8.20. The molecule has 0 radical (unpaired) electrons. The molecule has 1 aliphatic heterocycles. The van der Waals surface area contributed by atoms with E-state index in [9.17, 15) is 9.59 Å². The number of para-hydroxylation sites is 1. The minimum Gasteiger partial charge on any atom is -0.466 e. The maximum Gasteiger partial charge on any atom is 0.302 e. The molecule has 122 valence electrons. The second kappa shape index (κ2) is 6.86. The molecule has 0 atom stereocenters. The Kier molecular flexibility index (Phi) is 4.65. The zero-order valence-corrected chi connectivity index (χ0v) is 13.4. The Morgan fingerprint density at radius 3 is 2.96 bits per heavy atom. The number of hydrogen-bond acceptors (Lipinski definition) is 3. The van der Waals surface area contributed by atoms with E-state index in [1.807, 2.05) is 18.2 Å². The van der Waals surface area contributed by atoms with Crippen LogP contribution in [0, 0.1) is 0 Å². The Balaban J connectivity index is 1.86. The molecule has 0 unspecified atom stereocenters. The number of carbonyl (C=O) groups is 2. The molecule has 1 amide bonds. The number of hydrogen-bond donors (Lipinski definition) is 1. The van der Waals surface area contributed by atoms with Crippen molar-refractivity contribution in [2.45, 2.75) is 39.2 Å². The molecular formula is C18H22N2O3. The van der Waals surface area contributed by atoms with Crippen molar-refractivity contribution in [1.29, 1.82) is 0 Å². The van der Waals surface area contributed by atoms with E-state index in [2.05, 4.69) is 16.0 Å². The molecule has 0 aliphatic carbocycles. The molecular weight excluding hydrogens is 292 g/mol. The summed E-state index contributed by atoms with van der Waals surface area (Å²) in [7, 11) is 0. The highest BCUT2D eigenvalue weighted by atomic mass is 16.5. The zero-order valence-electron chi connectivity index (χ0n) is 13.4. The molecule has 1 aromatic carbocycles. The van der Waals surface area contributed by atoms with Gasteiger partial charge in [0.05, 0.1) is 12.2 Å². The standard InChI is InChI=1S/C18H22N2O3/c1-13(21)23-12-5-4-11-20-15-8-3-2-7-14(15)17-16(20)9-6-10-19-18(17)22/h2-3,7-8H,4-6,9-12H2,1H3,(H,19,22). The van der Waals surface area contributed by atoms with Crippen LogP contribution in [0.5, 0.6) is 0 Å². The third kappa shape index (κ3) is 3.23. The molecule has 0 spiro atoms. The number of aryl methyl sites for hydroxylation is 1. The number of aromatic nitrogens is 1. The van der Waals surface area contributed by atoms with Crippen LogP contribution < -0.4 is 5.32 Å². The van der Waals surface area contributed by atoms with E-state index >= 15 is 0 Å². The van der Waals surface area contributed by atoms with Crippen molar-refractivity contribution >= 4 is 22.8 Å². The SMILES string of the molecule is CC(=O)OCCCCn1c2c(c3ccccc31)C(=O)NCCC2. The summed E-state index contributed by atoms with van der Waals surface area (Å²) >= 11 is 0. The first-order chi connectivity index (χ1) is 11.2. The average molecular weight is 314 g/mol. The van der Waals surface area contributed by atoms with Gasteiger partial charge >= 0.3 is 5.97 Å². The molecule has 1 N–H and O–H groups in total. The van der Waals surface area contributed by atoms with Crippen LogP contribution in [-0.4, -0.2) is 29.6 Å². The maximum absolute atomic E-state index is 12.4. The molecule has 0 bridgehead atoms. The number of nitrogens with one attached hydrogen (secondary N) is 1. The van der Waals surface area contributed by atoms with Gasteiger partial charge in [-0.1, -0.05) is 18.2 Å². The molecule has 2 aromatic rings. The lowest BCUT2D eigenvalue weighted by Crippen LogP contribution is -2.22. The fourth-order valence-electron chi connectivity index (χ4n) is 3.26. The monoisotopic (exact) mass is 314 g/mol. The Labute approximate surface area is 135 Å². The van der Waals surface area contributed by atoms with E-state index in [0.29, 0.717) is 6.61 Å². The van der Waals surface area contributed by atoms with Crippen molar-refractivity contribution in [3.8, 4) is 0 Å². The highest BCUT2D eigenvalue weighted by Gasteiger charge is 2.23. The summed E-state index contributed by atoms with van der Waals surface area (Å²) in [4.78, 5) is 23.2. The molecule has 0 fully saturated rings. The molecule has 0 saturated carbocycles. The molecule has 0 saturated heterocycles. The fourth-order valence-corrected chi connectivity index (χ4v) is 3.26. The number of esters is 1. The van der Waals surface area contributed by atoms with Crippen LogP contribution in [0.25, 0.3) is 10.9 Å². The van der Waals surface area contributed by atoms with E-state index in [1.165, 1.54) is 6.92 Å². The van der Waals surface area contributed by atoms with Crippen molar-refractivity contribution in [2.24, 2.45) is 0 Å². The molecule has 3 rings (SSSR count). The van der Waals surface area contributed by atoms with Crippen molar-refractivity contribution in [3.63, 3.8) is 0 Å². The van der Waals surface area contributed by atoms with Crippen LogP contribution in [0.1, 0.15) is 42.2 Å². The number of nitrogens with zero attached hydrogens (tertiary/aromatic N) is 1. The summed E-state index contributed by atoms with van der Waals surface area (Å²) in [6, 6.07) is 8.08. The summed E-state index contributed by atoms with van der Waals surface area (Å²) in [6.45, 7) is 3.45. The van der Waals surface area contributed by atoms with Gasteiger partial charge in [0, 0.05) is 36.6 Å². The molecule has 2 heterocycles. The summed E-state index contributed by atoms with van der Waals surface area (Å²) < 4.78 is 7.25. The van der Waals surface area contributed by atoms with E-state index in [4.69, 9.17) is 4.74 Å². The summed E-state index contributed by atoms with van der Waals surface area (Å²) in [5.41, 5.74) is 3.08. The largest absolute Gasteiger partial charge is 0.466 e. The minimum atomic E-state index is -0.234. The van der Waals surface area contributed by atoms with Gasteiger partial charge in [0.2, 0.25) is 0 Å². The van der Waals surface area contributed by atoms with Gasteiger partial charge in [-0.25, -0.2) is 0 Å². The molecule has 5 nitrogen and oxygen atoms in total. The Morgan fingerprint density at radius 1 is 1.30 bits per heavy atom. The van der Waals surface area contributed by atoms with Gasteiger partial charge in [0.15, 0.2) is 0 Å². The normalized spacial score (nSPS) is 14.2. The number of amides is 1. The van der Waals surface area contributed by atoms with Gasteiger partial charge in [-0.05, 0) is 31.7 Å². The second-order valence-corrected chi connectivity index (χ2v) is 5.90. The van der Waals surface area contributed by atoms with Gasteiger partial charge in [-0.15, -0.1) is 0 Å². The number of ether oxygens (including phenoxy) is 1. The highest BCUT2D eigenvalue weighted by Crippen LogP contribution is 2.29. The number of carbonyl (C=O) groups excluding carboxylic acids is 2. The molecule has 1 aliphatic rings. The quantitative estimate of drug-likeness (QED) is 0.682. The van der Waals surface area contributed by atoms with Gasteiger partial charge in [-0.2, -0.15) is 0 Å². The Bertz CT molecular complexity index is 733. The molecule has 23 heavy (non-hydrogen) atoms. The number of rotatable bonds is 5. The van der Waals surface area contributed by atoms with Crippen molar-refractivity contribution in [1.82, 2.24) is 9.88 Å². The minimum absolute atomic E-state index is 0.0346. The second-order valence-electron chi connectivity index (χ2n) is 5.90. The summed E-state index contributed by atoms with van der Waals surface area (Å²) in [6.07, 6.45) is 3.61. The van der Waals surface area contributed by atoms with Gasteiger partial charge in [-0.3, -0.25) is 9.59 Å². The van der Waals surface area contributed by atoms with Gasteiger partial charge < -0.3 is 14.6 Å². The third-order valence-corrected chi connectivity index (χ3v) is 4.26. The topological polar surface area (TPSA) is 60.3 Å². The molecule has 5 heteroatoms. The maximum atomic E-state index is 12.4. The third-order valence-electron chi connectivity index (χ3n) is 4.26. The van der Waals surface area contributed by atoms with Crippen LogP contribution in [0.4, 0.5) is 0 Å². The Morgan fingerprint density at radius 2 is 2.13 bits per heavy atom. The number of fused-ring (bicyclic) bond motifs is 3. The van der Waals surface area contributed by atoms with E-state index in [0.717, 1.165) is 60.9 Å². The van der Waals surface area contributed by atoms with Crippen LogP contribution >= 0.6 is 0 Å². The smallest absolute Gasteiger partial charge is 0.302 e. The lowest BCUT2D eigenvalue weighted by Gasteiger charge is -2.10. The highest BCUT2D eigenvalue weighted by molar-refractivity contribution is 6.08. The van der Waals surface area contributed by atoms with Crippen molar-refractivity contribution in [2.75, 3.05) is 13.2 Å². The average Bonchev–Trinajstić information content (AvgIpc) is 2.71. The van der Waals surface area contributed by atoms with E-state index in [-0.39, 0.29) is 11.9 Å². The van der Waals surface area contributed by atoms with Crippen LogP contribution in [-0.2, 0) is 22.5 Å². The molecule has 1 aromatic heterocycles. The number of unbranched alkanes of at least 4 members (excludes halogenated alkanes) is 1. The Hall–Kier alpha value is -2.30. The fraction of sp³-hybridized carbons (Fsp3) is 0.444. The number of benzene rings is 1. The lowest BCUT2D eigenvalue weighted by atomic mass is 10.1. The first kappa shape index (κ1) is 15.6. The van der Waals surface area contributed by atoms with Crippen LogP contribution in [0.3, 0.4) is 0 Å². The zero-order chi connectivity index (χ0) is 16.2. The van der Waals surface area contributed by atoms with Crippen molar-refractivity contribution < 1.29 is 14.3 Å². The van der Waals surface area contributed by atoms with Crippen LogP contribution in [0.15, 0.2) is 24.3 Å². The summed E-state index contributed by atoms with van der Waals surface area (Å²) in [5, 5.41) is 4.01. The predicted molar refractivity (Wildman–Crippen MR) is 88.5 cm³/mol. The van der Waals surface area contributed by atoms with E-state index in [1.54, 1.807) is 0 Å². The predicted octanol–water partition coefficient (Wildman–Crippen LogP) is 2.66. The van der Waals surface area contributed by atoms with Gasteiger partial charge in [0.1, 0.15) is 0 Å². The van der Waals surface area contributed by atoms with Gasteiger partial charge in [0.25, 0.3) is 5.91 Å². The van der Waals surface area contributed by atoms with E-state index < -0.39 is 0 Å². The van der Waals surface area contributed by atoms with Crippen LogP contribution in [0.2, 0.25) is 0 Å². The first-order valence-electron chi connectivity index (χ1n) is 8.20. The summed E-state index contributed by atoms with van der Waals surface area (Å²) in [5.74, 6) is -0.200.